The summed E-state index contributed by atoms with van der Waals surface area (Å²) in [4.78, 5) is 0. The van der Waals surface area contributed by atoms with Crippen LogP contribution >= 0.6 is 0 Å². The lowest BCUT2D eigenvalue weighted by atomic mass is 9.97. The Labute approximate surface area is 93.3 Å². The molecule has 0 spiro atoms. The third kappa shape index (κ3) is 3.39. The maximum absolute atomic E-state index is 3.89. The molecule has 0 aliphatic carbocycles. The Balaban J connectivity index is 3.05. The molecular weight excluding hydrogens is 180 g/mol. The van der Waals surface area contributed by atoms with Gasteiger partial charge in [0.05, 0.1) is 0 Å². The van der Waals surface area contributed by atoms with E-state index >= 15 is 0 Å². The van der Waals surface area contributed by atoms with Crippen molar-refractivity contribution in [2.24, 2.45) is 0 Å². The van der Waals surface area contributed by atoms with Crippen LogP contribution < -0.4 is 0 Å². The molecule has 0 aliphatic rings. The average molecular weight is 199 g/mol. The van der Waals surface area contributed by atoms with Gasteiger partial charge in [-0.2, -0.15) is 0 Å². The van der Waals surface area contributed by atoms with Crippen LogP contribution in [0.2, 0.25) is 0 Å². The predicted octanol–water partition coefficient (Wildman–Crippen LogP) is 4.65. The summed E-state index contributed by atoms with van der Waals surface area (Å²) in [5.41, 5.74) is 3.93. The van der Waals surface area contributed by atoms with Gasteiger partial charge in [0.2, 0.25) is 0 Å². The minimum absolute atomic E-state index is 0.832. The van der Waals surface area contributed by atoms with E-state index in [1.807, 2.05) is 6.07 Å². The van der Waals surface area contributed by atoms with Crippen LogP contribution in [0.4, 0.5) is 0 Å². The standard InChI is InChI=1S/C15H19/c1-4-9-13(3)15(10-5-2)14-11-7-6-8-12-14/h6-12H,2,4-5H2,1,3H3. The zero-order valence-electron chi connectivity index (χ0n) is 9.66. The molecule has 0 heterocycles. The Hall–Kier alpha value is -1.30. The molecule has 0 heteroatoms. The quantitative estimate of drug-likeness (QED) is 0.619. The van der Waals surface area contributed by atoms with Gasteiger partial charge < -0.3 is 0 Å². The van der Waals surface area contributed by atoms with Gasteiger partial charge in [0.15, 0.2) is 0 Å². The van der Waals surface area contributed by atoms with Gasteiger partial charge in [-0.05, 0) is 43.4 Å². The molecule has 1 aromatic carbocycles. The minimum Gasteiger partial charge on any atom is -0.0813 e. The van der Waals surface area contributed by atoms with E-state index in [4.69, 9.17) is 0 Å². The molecule has 0 atom stereocenters. The first kappa shape index (κ1) is 11.8. The topological polar surface area (TPSA) is 0 Å². The summed E-state index contributed by atoms with van der Waals surface area (Å²) in [5, 5.41) is 0. The molecule has 0 bridgehead atoms. The van der Waals surface area contributed by atoms with Gasteiger partial charge in [0.25, 0.3) is 0 Å². The average Bonchev–Trinajstić information content (AvgIpc) is 2.27. The number of rotatable bonds is 4. The van der Waals surface area contributed by atoms with Crippen LogP contribution in [0.1, 0.15) is 32.3 Å². The van der Waals surface area contributed by atoms with Gasteiger partial charge in [-0.15, -0.1) is 0 Å². The Bertz CT molecular complexity index is 342. The van der Waals surface area contributed by atoms with Gasteiger partial charge >= 0.3 is 0 Å². The van der Waals surface area contributed by atoms with Crippen molar-refractivity contribution in [3.8, 4) is 0 Å². The SMILES string of the molecule is [CH2]CC=C(C(C)=CCC)c1ccccc1. The van der Waals surface area contributed by atoms with Crippen molar-refractivity contribution in [3.05, 3.63) is 60.5 Å². The first-order valence-corrected chi connectivity index (χ1v) is 5.51. The van der Waals surface area contributed by atoms with Crippen LogP contribution in [0, 0.1) is 6.92 Å². The highest BCUT2D eigenvalue weighted by Gasteiger charge is 2.01. The van der Waals surface area contributed by atoms with Crippen LogP contribution in [-0.2, 0) is 0 Å². The molecule has 79 valence electrons. The van der Waals surface area contributed by atoms with Crippen LogP contribution in [0.3, 0.4) is 0 Å². The second-order valence-corrected chi connectivity index (χ2v) is 3.57. The molecule has 0 unspecified atom stereocenters. The fraction of sp³-hybridized carbons (Fsp3) is 0.267. The van der Waals surface area contributed by atoms with E-state index in [1.165, 1.54) is 16.7 Å². The molecule has 0 aromatic heterocycles. The van der Waals surface area contributed by atoms with Gasteiger partial charge in [0.1, 0.15) is 0 Å². The summed E-state index contributed by atoms with van der Waals surface area (Å²) in [6, 6.07) is 10.5. The fourth-order valence-electron chi connectivity index (χ4n) is 1.68. The molecule has 1 aromatic rings. The summed E-state index contributed by atoms with van der Waals surface area (Å²) in [6.45, 7) is 8.22. The maximum atomic E-state index is 3.89. The Morgan fingerprint density at radius 2 is 1.87 bits per heavy atom. The van der Waals surface area contributed by atoms with Crippen molar-refractivity contribution >= 4 is 5.57 Å². The smallest absolute Gasteiger partial charge is 0.0185 e. The summed E-state index contributed by atoms with van der Waals surface area (Å²) >= 11 is 0. The summed E-state index contributed by atoms with van der Waals surface area (Å²) in [7, 11) is 0. The van der Waals surface area contributed by atoms with Crippen LogP contribution in [0.15, 0.2) is 48.1 Å². The lowest BCUT2D eigenvalue weighted by Crippen LogP contribution is -1.86. The molecule has 0 aliphatic heterocycles. The van der Waals surface area contributed by atoms with Gasteiger partial charge in [-0.25, -0.2) is 0 Å². The molecule has 0 amide bonds. The molecule has 0 saturated heterocycles. The lowest BCUT2D eigenvalue weighted by Gasteiger charge is -2.08. The molecule has 15 heavy (non-hydrogen) atoms. The van der Waals surface area contributed by atoms with Crippen molar-refractivity contribution < 1.29 is 0 Å². The zero-order valence-corrected chi connectivity index (χ0v) is 9.66. The van der Waals surface area contributed by atoms with E-state index in [0.717, 1.165) is 12.8 Å². The first-order chi connectivity index (χ1) is 7.29. The van der Waals surface area contributed by atoms with Crippen molar-refractivity contribution in [1.29, 1.82) is 0 Å². The van der Waals surface area contributed by atoms with E-state index in [2.05, 4.69) is 57.2 Å². The highest BCUT2D eigenvalue weighted by molar-refractivity contribution is 5.78. The van der Waals surface area contributed by atoms with Crippen molar-refractivity contribution in [3.63, 3.8) is 0 Å². The number of hydrogen-bond donors (Lipinski definition) is 0. The largest absolute Gasteiger partial charge is 0.0813 e. The Kier molecular flexibility index (Phi) is 4.89. The van der Waals surface area contributed by atoms with Crippen molar-refractivity contribution in [1.82, 2.24) is 0 Å². The summed E-state index contributed by atoms with van der Waals surface area (Å²) in [6.07, 6.45) is 6.36. The molecule has 1 rings (SSSR count). The van der Waals surface area contributed by atoms with Crippen molar-refractivity contribution in [2.45, 2.75) is 26.7 Å². The van der Waals surface area contributed by atoms with E-state index in [0.29, 0.717) is 0 Å². The highest BCUT2D eigenvalue weighted by atomic mass is 14.1. The molecule has 0 fully saturated rings. The molecule has 0 N–H and O–H groups in total. The van der Waals surface area contributed by atoms with Gasteiger partial charge in [-0.3, -0.25) is 0 Å². The summed E-state index contributed by atoms with van der Waals surface area (Å²) in [5.74, 6) is 0. The Morgan fingerprint density at radius 1 is 1.20 bits per heavy atom. The third-order valence-corrected chi connectivity index (χ3v) is 2.37. The summed E-state index contributed by atoms with van der Waals surface area (Å²) < 4.78 is 0. The minimum atomic E-state index is 0.832. The van der Waals surface area contributed by atoms with Gasteiger partial charge in [0, 0.05) is 0 Å². The van der Waals surface area contributed by atoms with E-state index in [-0.39, 0.29) is 0 Å². The van der Waals surface area contributed by atoms with E-state index in [9.17, 15) is 0 Å². The first-order valence-electron chi connectivity index (χ1n) is 5.51. The van der Waals surface area contributed by atoms with E-state index < -0.39 is 0 Å². The van der Waals surface area contributed by atoms with E-state index in [1.54, 1.807) is 0 Å². The molecule has 0 nitrogen and oxygen atoms in total. The number of allylic oxidation sites excluding steroid dienone is 4. The monoisotopic (exact) mass is 199 g/mol. The second-order valence-electron chi connectivity index (χ2n) is 3.57. The van der Waals surface area contributed by atoms with Crippen LogP contribution in [-0.4, -0.2) is 0 Å². The van der Waals surface area contributed by atoms with Crippen LogP contribution in [0.5, 0.6) is 0 Å². The van der Waals surface area contributed by atoms with Crippen molar-refractivity contribution in [2.75, 3.05) is 0 Å². The highest BCUT2D eigenvalue weighted by Crippen LogP contribution is 2.23. The molecule has 1 radical (unpaired) electrons. The predicted molar refractivity (Wildman–Crippen MR) is 68.4 cm³/mol. The Morgan fingerprint density at radius 3 is 2.40 bits per heavy atom. The molecular formula is C15H19. The lowest BCUT2D eigenvalue weighted by molar-refractivity contribution is 1.20. The third-order valence-electron chi connectivity index (χ3n) is 2.37. The second kappa shape index (κ2) is 6.23. The fourth-order valence-corrected chi connectivity index (χ4v) is 1.68. The normalized spacial score (nSPS) is 13.0. The van der Waals surface area contributed by atoms with Crippen LogP contribution in [0.25, 0.3) is 5.57 Å². The molecule has 0 saturated carbocycles. The number of benzene rings is 1. The van der Waals surface area contributed by atoms with Gasteiger partial charge in [-0.1, -0.05) is 49.4 Å². The zero-order chi connectivity index (χ0) is 11.1. The maximum Gasteiger partial charge on any atom is -0.0185 e. The number of hydrogen-bond acceptors (Lipinski definition) is 0.